The Balaban J connectivity index is 1.24. The summed E-state index contributed by atoms with van der Waals surface area (Å²) in [5.74, 6) is 0.869. The number of thioether (sulfide) groups is 1. The summed E-state index contributed by atoms with van der Waals surface area (Å²) in [4.78, 5) is 23.6. The lowest BCUT2D eigenvalue weighted by molar-refractivity contribution is -0.124. The van der Waals surface area contributed by atoms with Crippen molar-refractivity contribution in [3.05, 3.63) is 94.4 Å². The van der Waals surface area contributed by atoms with E-state index >= 15 is 0 Å². The highest BCUT2D eigenvalue weighted by Gasteiger charge is 2.38. The molecular formula is C31H31N3O2S. The number of amidine groups is 1. The fraction of sp³-hybridized carbons (Fsp3) is 0.290. The maximum absolute atomic E-state index is 13.6. The van der Waals surface area contributed by atoms with Gasteiger partial charge in [-0.25, -0.2) is 4.99 Å². The molecule has 2 aliphatic heterocycles. The highest BCUT2D eigenvalue weighted by Crippen LogP contribution is 2.39. The number of nitrogens with zero attached hydrogens (tertiary/aromatic N) is 3. The topological polar surface area (TPSA) is 45.1 Å². The average molecular weight is 510 g/mol. The standard InChI is InChI=1S/C31H31N3O2S/c1-36-28-17-13-25(14-18-28)32-31-34(27-9-3-2-4-10-27)30(35)29(37-31)19-22-11-15-26(16-12-22)33-20-23-7-5-6-8-24(23)21-33/h5-8,11-19,27H,2-4,9-10,20-21H2,1H3/b29-19-,32-31?. The summed E-state index contributed by atoms with van der Waals surface area (Å²) in [6.45, 7) is 1.87. The molecule has 0 N–H and O–H groups in total. The van der Waals surface area contributed by atoms with Crippen LogP contribution in [0.3, 0.4) is 0 Å². The highest BCUT2D eigenvalue weighted by atomic mass is 32.2. The Morgan fingerprint density at radius 3 is 2.22 bits per heavy atom. The van der Waals surface area contributed by atoms with Crippen molar-refractivity contribution in [2.75, 3.05) is 12.0 Å². The predicted octanol–water partition coefficient (Wildman–Crippen LogP) is 7.15. The molecule has 0 aromatic heterocycles. The number of aliphatic imine (C=N–C) groups is 1. The molecule has 3 aromatic carbocycles. The molecule has 0 spiro atoms. The van der Waals surface area contributed by atoms with E-state index in [9.17, 15) is 4.79 Å². The zero-order chi connectivity index (χ0) is 25.2. The van der Waals surface area contributed by atoms with E-state index in [1.165, 1.54) is 35.0 Å². The summed E-state index contributed by atoms with van der Waals surface area (Å²) in [6, 6.07) is 25.1. The molecule has 5 nitrogen and oxygen atoms in total. The molecule has 3 aromatic rings. The largest absolute Gasteiger partial charge is 0.497 e. The molecule has 1 saturated heterocycles. The van der Waals surface area contributed by atoms with E-state index in [1.54, 1.807) is 7.11 Å². The third-order valence-electron chi connectivity index (χ3n) is 7.47. The molecule has 188 valence electrons. The smallest absolute Gasteiger partial charge is 0.267 e. The van der Waals surface area contributed by atoms with Crippen LogP contribution in [0, 0.1) is 0 Å². The molecule has 2 heterocycles. The van der Waals surface area contributed by atoms with Gasteiger partial charge in [0.1, 0.15) is 5.75 Å². The van der Waals surface area contributed by atoms with Crippen LogP contribution in [-0.4, -0.2) is 29.1 Å². The van der Waals surface area contributed by atoms with Crippen LogP contribution in [0.1, 0.15) is 48.8 Å². The summed E-state index contributed by atoms with van der Waals surface area (Å²) in [5, 5.41) is 0.778. The number of carbonyl (C=O) groups is 1. The number of fused-ring (bicyclic) bond motifs is 1. The van der Waals surface area contributed by atoms with Crippen molar-refractivity contribution in [2.45, 2.75) is 51.2 Å². The van der Waals surface area contributed by atoms with Crippen LogP contribution < -0.4 is 9.64 Å². The van der Waals surface area contributed by atoms with Crippen LogP contribution in [0.2, 0.25) is 0 Å². The van der Waals surface area contributed by atoms with Gasteiger partial charge in [-0.15, -0.1) is 0 Å². The lowest BCUT2D eigenvalue weighted by atomic mass is 9.94. The van der Waals surface area contributed by atoms with Crippen molar-refractivity contribution in [3.8, 4) is 5.75 Å². The Labute approximate surface area is 222 Å². The average Bonchev–Trinajstić information content (AvgIpc) is 3.51. The van der Waals surface area contributed by atoms with Crippen LogP contribution in [0.25, 0.3) is 6.08 Å². The molecule has 0 atom stereocenters. The summed E-state index contributed by atoms with van der Waals surface area (Å²) in [5.41, 5.74) is 5.86. The maximum atomic E-state index is 13.6. The Morgan fingerprint density at radius 1 is 0.892 bits per heavy atom. The van der Waals surface area contributed by atoms with Crippen molar-refractivity contribution < 1.29 is 9.53 Å². The van der Waals surface area contributed by atoms with Gasteiger partial charge in [0.05, 0.1) is 17.7 Å². The zero-order valence-corrected chi connectivity index (χ0v) is 21.9. The van der Waals surface area contributed by atoms with Crippen molar-refractivity contribution in [3.63, 3.8) is 0 Å². The molecule has 1 amide bonds. The predicted molar refractivity (Wildman–Crippen MR) is 152 cm³/mol. The van der Waals surface area contributed by atoms with Gasteiger partial charge in [-0.2, -0.15) is 0 Å². The number of methoxy groups -OCH3 is 1. The number of hydrogen-bond donors (Lipinski definition) is 0. The number of hydrogen-bond acceptors (Lipinski definition) is 5. The van der Waals surface area contributed by atoms with Gasteiger partial charge in [-0.3, -0.25) is 9.69 Å². The molecule has 0 unspecified atom stereocenters. The number of ether oxygens (including phenoxy) is 1. The Hall–Kier alpha value is -3.51. The number of amides is 1. The van der Waals surface area contributed by atoms with E-state index in [0.29, 0.717) is 0 Å². The van der Waals surface area contributed by atoms with Crippen LogP contribution in [0.5, 0.6) is 5.75 Å². The third-order valence-corrected chi connectivity index (χ3v) is 8.45. The minimum absolute atomic E-state index is 0.0724. The van der Waals surface area contributed by atoms with Gasteiger partial charge in [0, 0.05) is 24.8 Å². The molecular weight excluding hydrogens is 478 g/mol. The quantitative estimate of drug-likeness (QED) is 0.343. The first-order valence-electron chi connectivity index (χ1n) is 13.1. The summed E-state index contributed by atoms with van der Waals surface area (Å²) in [6.07, 6.45) is 7.66. The van der Waals surface area contributed by atoms with Gasteiger partial charge in [-0.1, -0.05) is 55.7 Å². The molecule has 6 rings (SSSR count). The van der Waals surface area contributed by atoms with E-state index in [0.717, 1.165) is 65.8 Å². The van der Waals surface area contributed by atoms with Gasteiger partial charge in [0.25, 0.3) is 5.91 Å². The minimum Gasteiger partial charge on any atom is -0.497 e. The molecule has 1 saturated carbocycles. The zero-order valence-electron chi connectivity index (χ0n) is 21.1. The van der Waals surface area contributed by atoms with Crippen molar-refractivity contribution in [2.24, 2.45) is 4.99 Å². The van der Waals surface area contributed by atoms with Crippen molar-refractivity contribution >= 4 is 40.3 Å². The van der Waals surface area contributed by atoms with Crippen molar-refractivity contribution in [1.29, 1.82) is 0 Å². The molecule has 0 radical (unpaired) electrons. The first kappa shape index (κ1) is 23.9. The number of benzene rings is 3. The second kappa shape index (κ2) is 10.5. The maximum Gasteiger partial charge on any atom is 0.267 e. The van der Waals surface area contributed by atoms with E-state index in [4.69, 9.17) is 9.73 Å². The molecule has 1 aliphatic carbocycles. The Bertz CT molecular complexity index is 1320. The van der Waals surface area contributed by atoms with Crippen LogP contribution in [0.4, 0.5) is 11.4 Å². The highest BCUT2D eigenvalue weighted by molar-refractivity contribution is 8.18. The van der Waals surface area contributed by atoms with E-state index < -0.39 is 0 Å². The molecule has 6 heteroatoms. The second-order valence-corrected chi connectivity index (χ2v) is 10.9. The molecule has 3 aliphatic rings. The Kier molecular flexibility index (Phi) is 6.75. The number of anilines is 1. The van der Waals surface area contributed by atoms with Gasteiger partial charge in [0.15, 0.2) is 5.17 Å². The second-order valence-electron chi connectivity index (χ2n) is 9.89. The van der Waals surface area contributed by atoms with Gasteiger partial charge >= 0.3 is 0 Å². The lowest BCUT2D eigenvalue weighted by Gasteiger charge is -2.30. The Morgan fingerprint density at radius 2 is 1.57 bits per heavy atom. The normalized spacial score (nSPS) is 20.2. The number of rotatable bonds is 5. The van der Waals surface area contributed by atoms with E-state index in [2.05, 4.69) is 53.4 Å². The summed E-state index contributed by atoms with van der Waals surface area (Å²) < 4.78 is 5.28. The van der Waals surface area contributed by atoms with Crippen LogP contribution >= 0.6 is 11.8 Å². The van der Waals surface area contributed by atoms with Crippen LogP contribution in [0.15, 0.2) is 82.7 Å². The molecule has 2 fully saturated rings. The lowest BCUT2D eigenvalue weighted by Crippen LogP contribution is -2.40. The summed E-state index contributed by atoms with van der Waals surface area (Å²) in [7, 11) is 1.66. The van der Waals surface area contributed by atoms with E-state index in [1.807, 2.05) is 35.2 Å². The fourth-order valence-electron chi connectivity index (χ4n) is 5.44. The van der Waals surface area contributed by atoms with Gasteiger partial charge < -0.3 is 9.64 Å². The van der Waals surface area contributed by atoms with Crippen molar-refractivity contribution in [1.82, 2.24) is 4.90 Å². The van der Waals surface area contributed by atoms with Crippen LogP contribution in [-0.2, 0) is 17.9 Å². The first-order valence-corrected chi connectivity index (χ1v) is 13.9. The fourth-order valence-corrected chi connectivity index (χ4v) is 6.50. The van der Waals surface area contributed by atoms with Gasteiger partial charge in [-0.05, 0) is 83.8 Å². The van der Waals surface area contributed by atoms with E-state index in [-0.39, 0.29) is 11.9 Å². The third kappa shape index (κ3) is 5.03. The summed E-state index contributed by atoms with van der Waals surface area (Å²) >= 11 is 1.49. The first-order chi connectivity index (χ1) is 18.2. The SMILES string of the molecule is COc1ccc(N=C2S/C(=C\c3ccc(N4Cc5ccccc5C4)cc3)C(=O)N2C2CCCCC2)cc1. The monoisotopic (exact) mass is 509 g/mol. The molecule has 37 heavy (non-hydrogen) atoms. The molecule has 0 bridgehead atoms. The van der Waals surface area contributed by atoms with Gasteiger partial charge in [0.2, 0.25) is 0 Å². The minimum atomic E-state index is 0.0724. The number of carbonyl (C=O) groups excluding carboxylic acids is 1.